The van der Waals surface area contributed by atoms with Gasteiger partial charge in [-0.1, -0.05) is 0 Å². The number of carbonyl (C=O) groups is 1. The summed E-state index contributed by atoms with van der Waals surface area (Å²) in [6.45, 7) is 0. The molecule has 0 saturated carbocycles. The highest BCUT2D eigenvalue weighted by atomic mass is 32.1. The lowest BCUT2D eigenvalue weighted by Gasteiger charge is -1.89. The van der Waals surface area contributed by atoms with Gasteiger partial charge in [-0.15, -0.1) is 11.3 Å². The molecule has 0 aliphatic carbocycles. The Balaban J connectivity index is 2.79. The van der Waals surface area contributed by atoms with Crippen LogP contribution in [0.1, 0.15) is 10.4 Å². The van der Waals surface area contributed by atoms with Gasteiger partial charge in [-0.05, 0) is 0 Å². The van der Waals surface area contributed by atoms with Crippen LogP contribution in [0, 0.1) is 0 Å². The van der Waals surface area contributed by atoms with Crippen LogP contribution in [-0.4, -0.2) is 15.9 Å². The van der Waals surface area contributed by atoms with Gasteiger partial charge in [0, 0.05) is 17.8 Å². The summed E-state index contributed by atoms with van der Waals surface area (Å²) >= 11 is 1.37. The lowest BCUT2D eigenvalue weighted by Crippen LogP contribution is -2.10. The molecule has 0 unspecified atom stereocenters. The van der Waals surface area contributed by atoms with E-state index >= 15 is 0 Å². The van der Waals surface area contributed by atoms with E-state index in [9.17, 15) is 4.79 Å². The van der Waals surface area contributed by atoms with E-state index in [4.69, 9.17) is 5.73 Å². The number of hydrogen-bond donors (Lipinski definition) is 1. The molecule has 2 N–H and O–H groups in total. The van der Waals surface area contributed by atoms with Crippen molar-refractivity contribution in [2.75, 3.05) is 0 Å². The molecular weight excluding hydrogens is 174 g/mol. The van der Waals surface area contributed by atoms with Gasteiger partial charge in [0.25, 0.3) is 5.91 Å². The van der Waals surface area contributed by atoms with Gasteiger partial charge in [-0.2, -0.15) is 0 Å². The van der Waals surface area contributed by atoms with Gasteiger partial charge in [-0.3, -0.25) is 9.78 Å². The van der Waals surface area contributed by atoms with Crippen LogP contribution in [0.15, 0.2) is 17.8 Å². The Hall–Kier alpha value is -1.49. The molecule has 5 heteroatoms. The lowest BCUT2D eigenvalue weighted by molar-refractivity contribution is 0.100. The Morgan fingerprint density at radius 2 is 2.17 bits per heavy atom. The van der Waals surface area contributed by atoms with Gasteiger partial charge >= 0.3 is 0 Å². The fourth-order valence-corrected chi connectivity index (χ4v) is 1.79. The van der Waals surface area contributed by atoms with Crippen LogP contribution >= 0.6 is 11.3 Å². The third-order valence-corrected chi connectivity index (χ3v) is 2.35. The standard InChI is InChI=1S/C7H5N3OS/c8-6(11)4-3-12-7-5(4)9-1-2-10-7/h1-3H,(H2,8,11). The molecule has 0 atom stereocenters. The average molecular weight is 179 g/mol. The summed E-state index contributed by atoms with van der Waals surface area (Å²) in [5.74, 6) is -0.457. The van der Waals surface area contributed by atoms with Gasteiger partial charge in [0.1, 0.15) is 10.3 Å². The average Bonchev–Trinajstić information content (AvgIpc) is 2.47. The Bertz CT molecular complexity index is 437. The highest BCUT2D eigenvalue weighted by molar-refractivity contribution is 7.17. The Labute approximate surface area is 72.1 Å². The Morgan fingerprint density at radius 3 is 2.92 bits per heavy atom. The quantitative estimate of drug-likeness (QED) is 0.703. The minimum absolute atomic E-state index is 0.447. The molecule has 0 saturated heterocycles. The fraction of sp³-hybridized carbons (Fsp3) is 0. The van der Waals surface area contributed by atoms with Gasteiger partial charge in [0.2, 0.25) is 0 Å². The van der Waals surface area contributed by atoms with E-state index in [1.54, 1.807) is 17.8 Å². The molecule has 0 aliphatic rings. The van der Waals surface area contributed by atoms with E-state index in [2.05, 4.69) is 9.97 Å². The number of aromatic nitrogens is 2. The van der Waals surface area contributed by atoms with E-state index < -0.39 is 5.91 Å². The topological polar surface area (TPSA) is 68.9 Å². The molecule has 0 fully saturated rings. The summed E-state index contributed by atoms with van der Waals surface area (Å²) in [5.41, 5.74) is 6.16. The summed E-state index contributed by atoms with van der Waals surface area (Å²) in [7, 11) is 0. The number of amides is 1. The minimum Gasteiger partial charge on any atom is -0.366 e. The maximum Gasteiger partial charge on any atom is 0.251 e. The van der Waals surface area contributed by atoms with Gasteiger partial charge < -0.3 is 5.73 Å². The molecule has 0 bridgehead atoms. The van der Waals surface area contributed by atoms with Crippen LogP contribution in [0.3, 0.4) is 0 Å². The minimum atomic E-state index is -0.457. The Kier molecular flexibility index (Phi) is 1.51. The van der Waals surface area contributed by atoms with Crippen molar-refractivity contribution in [3.63, 3.8) is 0 Å². The maximum absolute atomic E-state index is 10.8. The maximum atomic E-state index is 10.8. The lowest BCUT2D eigenvalue weighted by atomic mass is 10.3. The molecule has 2 heterocycles. The molecule has 2 aromatic rings. The van der Waals surface area contributed by atoms with Crippen molar-refractivity contribution in [3.8, 4) is 0 Å². The van der Waals surface area contributed by atoms with Crippen LogP contribution in [-0.2, 0) is 0 Å². The summed E-state index contributed by atoms with van der Waals surface area (Å²) in [6.07, 6.45) is 3.13. The number of rotatable bonds is 1. The molecule has 0 radical (unpaired) electrons. The van der Waals surface area contributed by atoms with E-state index in [0.29, 0.717) is 11.1 Å². The zero-order chi connectivity index (χ0) is 8.55. The van der Waals surface area contributed by atoms with Crippen molar-refractivity contribution >= 4 is 27.6 Å². The van der Waals surface area contributed by atoms with Crippen molar-refractivity contribution in [2.45, 2.75) is 0 Å². The third kappa shape index (κ3) is 0.947. The summed E-state index contributed by atoms with van der Waals surface area (Å²) in [6, 6.07) is 0. The van der Waals surface area contributed by atoms with Gasteiger partial charge in [-0.25, -0.2) is 4.98 Å². The van der Waals surface area contributed by atoms with Crippen LogP contribution in [0.2, 0.25) is 0 Å². The van der Waals surface area contributed by atoms with Crippen molar-refractivity contribution in [1.82, 2.24) is 9.97 Å². The normalized spacial score (nSPS) is 10.3. The van der Waals surface area contributed by atoms with E-state index in [0.717, 1.165) is 4.83 Å². The fourth-order valence-electron chi connectivity index (χ4n) is 0.942. The van der Waals surface area contributed by atoms with Crippen LogP contribution in [0.25, 0.3) is 10.3 Å². The molecule has 2 rings (SSSR count). The zero-order valence-corrected chi connectivity index (χ0v) is 6.84. The number of primary amides is 1. The molecule has 1 amide bonds. The molecule has 4 nitrogen and oxygen atoms in total. The van der Waals surface area contributed by atoms with Crippen LogP contribution < -0.4 is 5.73 Å². The molecule has 0 spiro atoms. The molecule has 2 aromatic heterocycles. The van der Waals surface area contributed by atoms with E-state index in [1.165, 1.54) is 11.3 Å². The van der Waals surface area contributed by atoms with Crippen LogP contribution in [0.5, 0.6) is 0 Å². The predicted octanol–water partition coefficient (Wildman–Crippen LogP) is 0.790. The smallest absolute Gasteiger partial charge is 0.251 e. The predicted molar refractivity (Wildman–Crippen MR) is 45.9 cm³/mol. The Morgan fingerprint density at radius 1 is 1.42 bits per heavy atom. The molecule has 12 heavy (non-hydrogen) atoms. The molecule has 0 aromatic carbocycles. The number of thiophene rings is 1. The van der Waals surface area contributed by atoms with Crippen molar-refractivity contribution < 1.29 is 4.79 Å². The highest BCUT2D eigenvalue weighted by Gasteiger charge is 2.09. The van der Waals surface area contributed by atoms with Crippen molar-refractivity contribution in [1.29, 1.82) is 0 Å². The second-order valence-electron chi connectivity index (χ2n) is 2.22. The third-order valence-electron chi connectivity index (χ3n) is 1.47. The summed E-state index contributed by atoms with van der Waals surface area (Å²) in [5, 5.41) is 1.67. The molecule has 0 aliphatic heterocycles. The number of nitrogens with two attached hydrogens (primary N) is 1. The highest BCUT2D eigenvalue weighted by Crippen LogP contribution is 2.20. The van der Waals surface area contributed by atoms with E-state index in [1.807, 2.05) is 0 Å². The largest absolute Gasteiger partial charge is 0.366 e. The number of fused-ring (bicyclic) bond motifs is 1. The zero-order valence-electron chi connectivity index (χ0n) is 6.02. The number of carbonyl (C=O) groups excluding carboxylic acids is 1. The van der Waals surface area contributed by atoms with Gasteiger partial charge in [0.05, 0.1) is 5.56 Å². The number of hydrogen-bond acceptors (Lipinski definition) is 4. The number of nitrogens with zero attached hydrogens (tertiary/aromatic N) is 2. The second kappa shape index (κ2) is 2.53. The first-order chi connectivity index (χ1) is 5.79. The monoisotopic (exact) mass is 179 g/mol. The second-order valence-corrected chi connectivity index (χ2v) is 3.08. The van der Waals surface area contributed by atoms with Crippen molar-refractivity contribution in [3.05, 3.63) is 23.3 Å². The summed E-state index contributed by atoms with van der Waals surface area (Å²) < 4.78 is 0. The first-order valence-corrected chi connectivity index (χ1v) is 4.15. The van der Waals surface area contributed by atoms with Crippen LogP contribution in [0.4, 0.5) is 0 Å². The first kappa shape index (κ1) is 7.17. The molecular formula is C7H5N3OS. The van der Waals surface area contributed by atoms with Gasteiger partial charge in [0.15, 0.2) is 0 Å². The first-order valence-electron chi connectivity index (χ1n) is 3.27. The van der Waals surface area contributed by atoms with Crippen molar-refractivity contribution in [2.24, 2.45) is 5.73 Å². The SMILES string of the molecule is NC(=O)c1csc2nccnc12. The van der Waals surface area contributed by atoms with E-state index in [-0.39, 0.29) is 0 Å². The molecule has 60 valence electrons. The summed E-state index contributed by atoms with van der Waals surface area (Å²) in [4.78, 5) is 19.6.